The van der Waals surface area contributed by atoms with Crippen molar-refractivity contribution in [1.82, 2.24) is 4.98 Å². The van der Waals surface area contributed by atoms with E-state index in [4.69, 9.17) is 4.74 Å². The highest BCUT2D eigenvalue weighted by molar-refractivity contribution is 7.93. The van der Waals surface area contributed by atoms with Gasteiger partial charge in [0.1, 0.15) is 10.6 Å². The average molecular weight is 328 g/mol. The fraction of sp³-hybridized carbons (Fsp3) is 0.118. The van der Waals surface area contributed by atoms with E-state index in [-0.39, 0.29) is 4.90 Å². The summed E-state index contributed by atoms with van der Waals surface area (Å²) in [6, 6.07) is 13.8. The van der Waals surface area contributed by atoms with Crippen LogP contribution in [0.3, 0.4) is 0 Å². The highest BCUT2D eigenvalue weighted by Gasteiger charge is 2.18. The highest BCUT2D eigenvalue weighted by Crippen LogP contribution is 2.25. The number of methoxy groups -OCH3 is 1. The summed E-state index contributed by atoms with van der Waals surface area (Å²) in [6.45, 7) is 1.92. The maximum absolute atomic E-state index is 12.7. The minimum absolute atomic E-state index is 0.151. The van der Waals surface area contributed by atoms with E-state index in [2.05, 4.69) is 9.71 Å². The molecule has 0 saturated heterocycles. The van der Waals surface area contributed by atoms with Crippen molar-refractivity contribution in [3.8, 4) is 5.75 Å². The molecule has 0 spiro atoms. The summed E-state index contributed by atoms with van der Waals surface area (Å²) in [6.07, 6.45) is 1.66. The summed E-state index contributed by atoms with van der Waals surface area (Å²) in [5, 5.41) is 0.790. The molecular weight excluding hydrogens is 312 g/mol. The van der Waals surface area contributed by atoms with Gasteiger partial charge in [-0.1, -0.05) is 18.2 Å². The monoisotopic (exact) mass is 328 g/mol. The van der Waals surface area contributed by atoms with E-state index in [0.717, 1.165) is 10.9 Å². The largest absolute Gasteiger partial charge is 0.497 e. The van der Waals surface area contributed by atoms with Gasteiger partial charge in [0, 0.05) is 17.6 Å². The molecule has 0 fully saturated rings. The van der Waals surface area contributed by atoms with Crippen molar-refractivity contribution in [2.45, 2.75) is 11.8 Å². The number of aryl methyl sites for hydroxylation is 1. The Morgan fingerprint density at radius 3 is 2.65 bits per heavy atom. The molecule has 5 nitrogen and oxygen atoms in total. The number of sulfonamides is 1. The first-order valence-corrected chi connectivity index (χ1v) is 8.50. The maximum Gasteiger partial charge on any atom is 0.264 e. The fourth-order valence-corrected chi connectivity index (χ4v) is 3.59. The van der Waals surface area contributed by atoms with Gasteiger partial charge < -0.3 is 4.74 Å². The van der Waals surface area contributed by atoms with Crippen molar-refractivity contribution in [2.75, 3.05) is 11.8 Å². The molecule has 0 atom stereocenters. The Kier molecular flexibility index (Phi) is 3.92. The number of aromatic nitrogens is 1. The third-order valence-electron chi connectivity index (χ3n) is 3.42. The zero-order valence-corrected chi connectivity index (χ0v) is 13.6. The van der Waals surface area contributed by atoms with Crippen LogP contribution in [0.25, 0.3) is 10.9 Å². The summed E-state index contributed by atoms with van der Waals surface area (Å²) < 4.78 is 33.1. The number of anilines is 1. The van der Waals surface area contributed by atoms with Gasteiger partial charge in [0.15, 0.2) is 0 Å². The molecule has 2 aromatic carbocycles. The third-order valence-corrected chi connectivity index (χ3v) is 4.84. The molecule has 0 aliphatic carbocycles. The number of fused-ring (bicyclic) bond motifs is 1. The Balaban J connectivity index is 2.06. The normalized spacial score (nSPS) is 11.4. The quantitative estimate of drug-likeness (QED) is 0.797. The van der Waals surface area contributed by atoms with Crippen molar-refractivity contribution in [3.05, 3.63) is 60.3 Å². The molecule has 3 aromatic rings. The Morgan fingerprint density at radius 1 is 1.09 bits per heavy atom. The van der Waals surface area contributed by atoms with E-state index in [1.807, 2.05) is 19.1 Å². The molecule has 118 valence electrons. The molecule has 0 aliphatic heterocycles. The molecule has 1 N–H and O–H groups in total. The molecule has 0 amide bonds. The van der Waals surface area contributed by atoms with E-state index in [1.165, 1.54) is 7.11 Å². The molecule has 23 heavy (non-hydrogen) atoms. The molecule has 3 rings (SSSR count). The van der Waals surface area contributed by atoms with E-state index in [0.29, 0.717) is 17.0 Å². The van der Waals surface area contributed by atoms with Crippen LogP contribution >= 0.6 is 0 Å². The summed E-state index contributed by atoms with van der Waals surface area (Å²) in [5.41, 5.74) is 1.87. The van der Waals surface area contributed by atoms with Crippen LogP contribution in [0.2, 0.25) is 0 Å². The molecule has 0 saturated carbocycles. The van der Waals surface area contributed by atoms with Gasteiger partial charge in [-0.15, -0.1) is 0 Å². The number of pyridine rings is 1. The summed E-state index contributed by atoms with van der Waals surface area (Å²) >= 11 is 0. The number of hydrogen-bond acceptors (Lipinski definition) is 4. The van der Waals surface area contributed by atoms with Gasteiger partial charge in [-0.05, 0) is 36.8 Å². The molecule has 6 heteroatoms. The molecule has 1 heterocycles. The van der Waals surface area contributed by atoms with E-state index in [1.54, 1.807) is 42.6 Å². The zero-order valence-electron chi connectivity index (χ0n) is 12.8. The minimum Gasteiger partial charge on any atom is -0.497 e. The van der Waals surface area contributed by atoms with Crippen LogP contribution in [0, 0.1) is 6.92 Å². The lowest BCUT2D eigenvalue weighted by Crippen LogP contribution is -2.13. The lowest BCUT2D eigenvalue weighted by atomic mass is 10.2. The van der Waals surface area contributed by atoms with Crippen LogP contribution < -0.4 is 9.46 Å². The van der Waals surface area contributed by atoms with Crippen LogP contribution in [0.1, 0.15) is 5.56 Å². The third kappa shape index (κ3) is 3.12. The molecule has 0 aliphatic rings. The van der Waals surface area contributed by atoms with Crippen LogP contribution in [-0.4, -0.2) is 20.5 Å². The number of rotatable bonds is 4. The predicted molar refractivity (Wildman–Crippen MR) is 90.3 cm³/mol. The number of benzene rings is 2. The smallest absolute Gasteiger partial charge is 0.264 e. The second-order valence-corrected chi connectivity index (χ2v) is 6.83. The molecule has 0 radical (unpaired) electrons. The summed E-state index contributed by atoms with van der Waals surface area (Å²) in [5.74, 6) is 0.580. The Labute approximate surface area is 135 Å². The van der Waals surface area contributed by atoms with Crippen molar-refractivity contribution in [1.29, 1.82) is 0 Å². The zero-order chi connectivity index (χ0) is 16.4. The number of nitrogens with zero attached hydrogens (tertiary/aromatic N) is 1. The predicted octanol–water partition coefficient (Wildman–Crippen LogP) is 3.35. The van der Waals surface area contributed by atoms with Crippen LogP contribution in [0.15, 0.2) is 59.6 Å². The number of ether oxygens (including phenoxy) is 1. The fourth-order valence-electron chi connectivity index (χ4n) is 2.36. The standard InChI is InChI=1S/C17H16N2O3S/c1-12-9-13-5-3-8-16(17(13)18-11-12)23(20,21)19-14-6-4-7-15(10-14)22-2/h3-11,19H,1-2H3. The van der Waals surface area contributed by atoms with Crippen molar-refractivity contribution >= 4 is 26.6 Å². The van der Waals surface area contributed by atoms with Gasteiger partial charge in [0.2, 0.25) is 0 Å². The van der Waals surface area contributed by atoms with Gasteiger partial charge in [-0.2, -0.15) is 0 Å². The second kappa shape index (κ2) is 5.89. The molecule has 0 unspecified atom stereocenters. The molecular formula is C17H16N2O3S. The first-order chi connectivity index (χ1) is 11.0. The van der Waals surface area contributed by atoms with Gasteiger partial charge in [-0.25, -0.2) is 8.42 Å². The Bertz CT molecular complexity index is 968. The SMILES string of the molecule is COc1cccc(NS(=O)(=O)c2cccc3cc(C)cnc23)c1. The summed E-state index contributed by atoms with van der Waals surface area (Å²) in [4.78, 5) is 4.43. The molecule has 0 bridgehead atoms. The topological polar surface area (TPSA) is 68.3 Å². The first-order valence-electron chi connectivity index (χ1n) is 7.02. The van der Waals surface area contributed by atoms with Gasteiger partial charge >= 0.3 is 0 Å². The van der Waals surface area contributed by atoms with Crippen molar-refractivity contribution in [3.63, 3.8) is 0 Å². The minimum atomic E-state index is -3.75. The van der Waals surface area contributed by atoms with E-state index >= 15 is 0 Å². The van der Waals surface area contributed by atoms with Gasteiger partial charge in [0.25, 0.3) is 10.0 Å². The van der Waals surface area contributed by atoms with Crippen molar-refractivity contribution < 1.29 is 13.2 Å². The van der Waals surface area contributed by atoms with Gasteiger partial charge in [0.05, 0.1) is 18.3 Å². The van der Waals surface area contributed by atoms with Gasteiger partial charge in [-0.3, -0.25) is 9.71 Å². The maximum atomic E-state index is 12.7. The first kappa shape index (κ1) is 15.3. The lowest BCUT2D eigenvalue weighted by molar-refractivity contribution is 0.415. The average Bonchev–Trinajstić information content (AvgIpc) is 2.53. The molecule has 1 aromatic heterocycles. The van der Waals surface area contributed by atoms with Crippen LogP contribution in [0.5, 0.6) is 5.75 Å². The van der Waals surface area contributed by atoms with Crippen molar-refractivity contribution in [2.24, 2.45) is 0 Å². The number of hydrogen-bond donors (Lipinski definition) is 1. The Hall–Kier alpha value is -2.60. The Morgan fingerprint density at radius 2 is 1.87 bits per heavy atom. The number of nitrogens with one attached hydrogen (secondary N) is 1. The van der Waals surface area contributed by atoms with Crippen LogP contribution in [0.4, 0.5) is 5.69 Å². The lowest BCUT2D eigenvalue weighted by Gasteiger charge is -2.11. The van der Waals surface area contributed by atoms with Crippen LogP contribution in [-0.2, 0) is 10.0 Å². The van der Waals surface area contributed by atoms with E-state index < -0.39 is 10.0 Å². The second-order valence-electron chi connectivity index (χ2n) is 5.18. The highest BCUT2D eigenvalue weighted by atomic mass is 32.2. The number of para-hydroxylation sites is 1. The summed E-state index contributed by atoms with van der Waals surface area (Å²) in [7, 11) is -2.21. The van der Waals surface area contributed by atoms with E-state index in [9.17, 15) is 8.42 Å².